The van der Waals surface area contributed by atoms with Crippen LogP contribution in [0, 0.1) is 12.8 Å². The van der Waals surface area contributed by atoms with Crippen LogP contribution >= 0.6 is 12.4 Å². The SMILES string of the molecule is Cc1cccc(N(CCC(N)=O)C(=O)C(C)C(C)N)c1.Cl. The van der Waals surface area contributed by atoms with Crippen LogP contribution in [0.25, 0.3) is 0 Å². The van der Waals surface area contributed by atoms with Gasteiger partial charge < -0.3 is 16.4 Å². The zero-order valence-electron chi connectivity index (χ0n) is 12.7. The molecule has 4 N–H and O–H groups in total. The summed E-state index contributed by atoms with van der Waals surface area (Å²) >= 11 is 0. The summed E-state index contributed by atoms with van der Waals surface area (Å²) in [6.07, 6.45) is 0.130. The smallest absolute Gasteiger partial charge is 0.231 e. The van der Waals surface area contributed by atoms with Crippen molar-refractivity contribution in [1.82, 2.24) is 0 Å². The maximum atomic E-state index is 12.5. The van der Waals surface area contributed by atoms with E-state index in [0.717, 1.165) is 11.3 Å². The first kappa shape index (κ1) is 19.4. The molecular formula is C15H24ClN3O2. The number of aryl methyl sites for hydroxylation is 1. The Kier molecular flexibility index (Phi) is 7.99. The van der Waals surface area contributed by atoms with Crippen LogP contribution in [0.4, 0.5) is 5.69 Å². The number of primary amides is 1. The fourth-order valence-corrected chi connectivity index (χ4v) is 1.86. The Labute approximate surface area is 132 Å². The van der Waals surface area contributed by atoms with Gasteiger partial charge >= 0.3 is 0 Å². The van der Waals surface area contributed by atoms with Crippen molar-refractivity contribution in [3.05, 3.63) is 29.8 Å². The second-order valence-electron chi connectivity index (χ2n) is 5.19. The van der Waals surface area contributed by atoms with Gasteiger partial charge in [-0.3, -0.25) is 9.59 Å². The van der Waals surface area contributed by atoms with Crippen molar-refractivity contribution in [1.29, 1.82) is 0 Å². The van der Waals surface area contributed by atoms with Crippen LogP contribution in [0.3, 0.4) is 0 Å². The summed E-state index contributed by atoms with van der Waals surface area (Å²) in [4.78, 5) is 25.1. The topological polar surface area (TPSA) is 89.4 Å². The first-order chi connectivity index (χ1) is 9.32. The summed E-state index contributed by atoms with van der Waals surface area (Å²) in [5.74, 6) is -0.834. The van der Waals surface area contributed by atoms with Gasteiger partial charge in [0.05, 0.1) is 5.92 Å². The van der Waals surface area contributed by atoms with Crippen LogP contribution < -0.4 is 16.4 Å². The van der Waals surface area contributed by atoms with Crippen molar-refractivity contribution in [2.24, 2.45) is 17.4 Å². The third-order valence-corrected chi connectivity index (χ3v) is 3.34. The predicted molar refractivity (Wildman–Crippen MR) is 87.4 cm³/mol. The van der Waals surface area contributed by atoms with Crippen molar-refractivity contribution >= 4 is 29.9 Å². The van der Waals surface area contributed by atoms with Crippen molar-refractivity contribution < 1.29 is 9.59 Å². The number of benzene rings is 1. The molecule has 0 aliphatic carbocycles. The lowest BCUT2D eigenvalue weighted by Crippen LogP contribution is -2.43. The van der Waals surface area contributed by atoms with Crippen LogP contribution in [0.5, 0.6) is 0 Å². The number of nitrogens with two attached hydrogens (primary N) is 2. The predicted octanol–water partition coefficient (Wildman–Crippen LogP) is 1.61. The number of hydrogen-bond acceptors (Lipinski definition) is 3. The average Bonchev–Trinajstić information content (AvgIpc) is 2.37. The molecule has 21 heavy (non-hydrogen) atoms. The highest BCUT2D eigenvalue weighted by molar-refractivity contribution is 5.95. The van der Waals surface area contributed by atoms with Crippen molar-refractivity contribution in [2.45, 2.75) is 33.2 Å². The van der Waals surface area contributed by atoms with E-state index in [2.05, 4.69) is 0 Å². The molecule has 0 aliphatic rings. The van der Waals surface area contributed by atoms with E-state index in [0.29, 0.717) is 0 Å². The Morgan fingerprint density at radius 1 is 1.29 bits per heavy atom. The molecule has 0 heterocycles. The lowest BCUT2D eigenvalue weighted by Gasteiger charge is -2.27. The van der Waals surface area contributed by atoms with E-state index in [1.54, 1.807) is 18.7 Å². The normalized spacial score (nSPS) is 13.0. The van der Waals surface area contributed by atoms with Crippen molar-refractivity contribution in [3.63, 3.8) is 0 Å². The first-order valence-corrected chi connectivity index (χ1v) is 6.75. The van der Waals surface area contributed by atoms with Gasteiger partial charge in [0, 0.05) is 24.7 Å². The summed E-state index contributed by atoms with van der Waals surface area (Å²) in [7, 11) is 0. The summed E-state index contributed by atoms with van der Waals surface area (Å²) in [6, 6.07) is 7.34. The van der Waals surface area contributed by atoms with E-state index < -0.39 is 5.91 Å². The molecule has 0 spiro atoms. The molecule has 118 valence electrons. The quantitative estimate of drug-likeness (QED) is 0.836. The van der Waals surface area contributed by atoms with Crippen LogP contribution in [0.2, 0.25) is 0 Å². The Bertz CT molecular complexity index is 492. The fraction of sp³-hybridized carbons (Fsp3) is 0.467. The minimum absolute atomic E-state index is 0. The number of carbonyl (C=O) groups excluding carboxylic acids is 2. The molecule has 0 fully saturated rings. The minimum Gasteiger partial charge on any atom is -0.370 e. The molecule has 0 aromatic heterocycles. The lowest BCUT2D eigenvalue weighted by molar-refractivity contribution is -0.122. The van der Waals surface area contributed by atoms with E-state index in [-0.39, 0.29) is 43.2 Å². The Morgan fingerprint density at radius 3 is 2.38 bits per heavy atom. The fourth-order valence-electron chi connectivity index (χ4n) is 1.86. The van der Waals surface area contributed by atoms with Crippen LogP contribution in [0.15, 0.2) is 24.3 Å². The highest BCUT2D eigenvalue weighted by Gasteiger charge is 2.24. The molecule has 0 saturated carbocycles. The van der Waals surface area contributed by atoms with Gasteiger partial charge in [0.1, 0.15) is 0 Å². The summed E-state index contributed by atoms with van der Waals surface area (Å²) in [6.45, 7) is 5.81. The standard InChI is InChI=1S/C15H23N3O2.ClH/c1-10-5-4-6-13(9-10)18(8-7-14(17)19)15(20)11(2)12(3)16;/h4-6,9,11-12H,7-8,16H2,1-3H3,(H2,17,19);1H. The van der Waals surface area contributed by atoms with Gasteiger partial charge in [0.15, 0.2) is 0 Å². The second-order valence-corrected chi connectivity index (χ2v) is 5.19. The van der Waals surface area contributed by atoms with E-state index in [1.807, 2.05) is 31.2 Å². The van der Waals surface area contributed by atoms with Gasteiger partial charge in [-0.1, -0.05) is 19.1 Å². The number of carbonyl (C=O) groups is 2. The van der Waals surface area contributed by atoms with Crippen molar-refractivity contribution in [3.8, 4) is 0 Å². The number of nitrogens with zero attached hydrogens (tertiary/aromatic N) is 1. The Balaban J connectivity index is 0.00000400. The van der Waals surface area contributed by atoms with Crippen LogP contribution in [0.1, 0.15) is 25.8 Å². The third-order valence-electron chi connectivity index (χ3n) is 3.34. The molecule has 2 atom stereocenters. The minimum atomic E-state index is -0.427. The highest BCUT2D eigenvalue weighted by Crippen LogP contribution is 2.19. The van der Waals surface area contributed by atoms with Crippen molar-refractivity contribution in [2.75, 3.05) is 11.4 Å². The molecule has 6 heteroatoms. The average molecular weight is 314 g/mol. The maximum absolute atomic E-state index is 12.5. The zero-order valence-corrected chi connectivity index (χ0v) is 13.5. The molecule has 5 nitrogen and oxygen atoms in total. The van der Waals surface area contributed by atoms with Crippen LogP contribution in [-0.4, -0.2) is 24.4 Å². The van der Waals surface area contributed by atoms with Gasteiger partial charge in [-0.15, -0.1) is 12.4 Å². The molecular weight excluding hydrogens is 290 g/mol. The molecule has 0 aliphatic heterocycles. The Hall–Kier alpha value is -1.59. The third kappa shape index (κ3) is 5.73. The summed E-state index contributed by atoms with van der Waals surface area (Å²) in [5.41, 5.74) is 12.8. The van der Waals surface area contributed by atoms with Gasteiger partial charge in [0.2, 0.25) is 11.8 Å². The van der Waals surface area contributed by atoms with Gasteiger partial charge in [-0.25, -0.2) is 0 Å². The molecule has 0 bridgehead atoms. The summed E-state index contributed by atoms with van der Waals surface area (Å²) in [5, 5.41) is 0. The molecule has 1 aromatic carbocycles. The van der Waals surface area contributed by atoms with E-state index in [1.165, 1.54) is 0 Å². The molecule has 1 rings (SSSR count). The lowest BCUT2D eigenvalue weighted by atomic mass is 10.0. The number of amides is 2. The van der Waals surface area contributed by atoms with E-state index >= 15 is 0 Å². The largest absolute Gasteiger partial charge is 0.370 e. The van der Waals surface area contributed by atoms with Crippen LogP contribution in [-0.2, 0) is 9.59 Å². The second kappa shape index (κ2) is 8.64. The van der Waals surface area contributed by atoms with Gasteiger partial charge in [0.25, 0.3) is 0 Å². The molecule has 0 saturated heterocycles. The number of halogens is 1. The van der Waals surface area contributed by atoms with E-state index in [9.17, 15) is 9.59 Å². The zero-order chi connectivity index (χ0) is 15.3. The van der Waals surface area contributed by atoms with Gasteiger partial charge in [-0.05, 0) is 31.5 Å². The summed E-state index contributed by atoms with van der Waals surface area (Å²) < 4.78 is 0. The molecule has 0 radical (unpaired) electrons. The van der Waals surface area contributed by atoms with E-state index in [4.69, 9.17) is 11.5 Å². The molecule has 1 aromatic rings. The Morgan fingerprint density at radius 2 is 1.90 bits per heavy atom. The highest BCUT2D eigenvalue weighted by atomic mass is 35.5. The number of rotatable bonds is 6. The molecule has 2 unspecified atom stereocenters. The molecule has 2 amide bonds. The number of hydrogen-bond donors (Lipinski definition) is 2. The van der Waals surface area contributed by atoms with Gasteiger partial charge in [-0.2, -0.15) is 0 Å². The maximum Gasteiger partial charge on any atom is 0.231 e. The monoisotopic (exact) mass is 313 g/mol. The number of anilines is 1. The first-order valence-electron chi connectivity index (χ1n) is 6.75.